The van der Waals surface area contributed by atoms with Crippen molar-refractivity contribution in [3.8, 4) is 0 Å². The normalized spacial score (nSPS) is 20.6. The lowest BCUT2D eigenvalue weighted by Gasteiger charge is -2.45. The maximum Gasteiger partial charge on any atom is 0.247 e. The molecule has 1 amide bonds. The highest BCUT2D eigenvalue weighted by molar-refractivity contribution is 5.90. The van der Waals surface area contributed by atoms with E-state index in [1.807, 2.05) is 37.9 Å². The minimum absolute atomic E-state index is 0.0974. The molecule has 1 saturated heterocycles. The van der Waals surface area contributed by atoms with Crippen LogP contribution in [0.2, 0.25) is 0 Å². The highest BCUT2D eigenvalue weighted by atomic mass is 16.3. The van der Waals surface area contributed by atoms with Gasteiger partial charge in [0, 0.05) is 26.3 Å². The Hall–Kier alpha value is -1.62. The highest BCUT2D eigenvalue weighted by Crippen LogP contribution is 2.27. The molecule has 104 valence electrons. The minimum atomic E-state index is -0.591. The first-order valence-corrected chi connectivity index (χ1v) is 6.51. The van der Waals surface area contributed by atoms with Crippen LogP contribution in [-0.4, -0.2) is 46.6 Å². The molecule has 0 aliphatic carbocycles. The van der Waals surface area contributed by atoms with Gasteiger partial charge in [-0.2, -0.15) is 0 Å². The predicted octanol–water partition coefficient (Wildman–Crippen LogP) is 1.19. The van der Waals surface area contributed by atoms with Gasteiger partial charge in [0.05, 0.1) is 6.10 Å². The lowest BCUT2D eigenvalue weighted by molar-refractivity contribution is -0.136. The number of aliphatic hydroxyl groups is 1. The molecule has 0 saturated carbocycles. The Kier molecular flexibility index (Phi) is 3.49. The van der Waals surface area contributed by atoms with Crippen LogP contribution in [0.25, 0.3) is 0 Å². The van der Waals surface area contributed by atoms with E-state index in [4.69, 9.17) is 0 Å². The number of hydrogen-bond donors (Lipinski definition) is 1. The van der Waals surface area contributed by atoms with Gasteiger partial charge in [0.15, 0.2) is 0 Å². The van der Waals surface area contributed by atoms with Crippen LogP contribution in [0, 0.1) is 0 Å². The number of pyridine rings is 1. The molecule has 0 radical (unpaired) electrons. The Morgan fingerprint density at radius 3 is 2.58 bits per heavy atom. The van der Waals surface area contributed by atoms with E-state index in [1.165, 1.54) is 0 Å². The molecular formula is C14H21N3O2. The first kappa shape index (κ1) is 13.8. The maximum atomic E-state index is 12.2. The summed E-state index contributed by atoms with van der Waals surface area (Å²) in [6.07, 6.45) is 1.14. The molecule has 2 rings (SSSR count). The van der Waals surface area contributed by atoms with Crippen molar-refractivity contribution in [2.45, 2.75) is 32.4 Å². The van der Waals surface area contributed by atoms with Crippen molar-refractivity contribution in [2.24, 2.45) is 0 Å². The quantitative estimate of drug-likeness (QED) is 0.871. The van der Waals surface area contributed by atoms with Crippen molar-refractivity contribution in [3.05, 3.63) is 23.9 Å². The van der Waals surface area contributed by atoms with Gasteiger partial charge in [-0.05, 0) is 32.4 Å². The van der Waals surface area contributed by atoms with E-state index >= 15 is 0 Å². The minimum Gasteiger partial charge on any atom is -0.389 e. The molecule has 19 heavy (non-hydrogen) atoms. The molecule has 5 nitrogen and oxygen atoms in total. The largest absolute Gasteiger partial charge is 0.389 e. The summed E-state index contributed by atoms with van der Waals surface area (Å²) < 4.78 is 0. The molecule has 0 unspecified atom stereocenters. The molecule has 1 fully saturated rings. The number of nitrogens with zero attached hydrogens (tertiary/aromatic N) is 3. The summed E-state index contributed by atoms with van der Waals surface area (Å²) >= 11 is 0. The summed E-state index contributed by atoms with van der Waals surface area (Å²) in [5.74, 6) is 0.871. The number of carbonyl (C=O) groups is 1. The van der Waals surface area contributed by atoms with Crippen LogP contribution < -0.4 is 4.90 Å². The summed E-state index contributed by atoms with van der Waals surface area (Å²) in [7, 11) is 1.82. The van der Waals surface area contributed by atoms with E-state index in [0.717, 1.165) is 17.9 Å². The van der Waals surface area contributed by atoms with Crippen LogP contribution in [0.1, 0.15) is 32.4 Å². The average molecular weight is 263 g/mol. The zero-order valence-corrected chi connectivity index (χ0v) is 11.9. The van der Waals surface area contributed by atoms with Crippen molar-refractivity contribution in [1.29, 1.82) is 0 Å². The fourth-order valence-corrected chi connectivity index (χ4v) is 2.42. The smallest absolute Gasteiger partial charge is 0.247 e. The zero-order valence-electron chi connectivity index (χ0n) is 11.9. The molecule has 0 spiro atoms. The van der Waals surface area contributed by atoms with Gasteiger partial charge in [0.25, 0.3) is 0 Å². The highest BCUT2D eigenvalue weighted by Gasteiger charge is 2.41. The topological polar surface area (TPSA) is 56.7 Å². The first-order valence-electron chi connectivity index (χ1n) is 6.51. The van der Waals surface area contributed by atoms with Crippen molar-refractivity contribution >= 4 is 11.7 Å². The Morgan fingerprint density at radius 1 is 1.37 bits per heavy atom. The average Bonchev–Trinajstić information content (AvgIpc) is 2.36. The number of aliphatic hydroxyl groups excluding tert-OH is 1. The third kappa shape index (κ3) is 2.42. The van der Waals surface area contributed by atoms with Crippen molar-refractivity contribution in [2.75, 3.05) is 25.0 Å². The number of anilines is 1. The molecule has 1 aliphatic heterocycles. The maximum absolute atomic E-state index is 12.2. The molecule has 1 atom stereocenters. The Balaban J connectivity index is 2.28. The summed E-state index contributed by atoms with van der Waals surface area (Å²) in [6.45, 7) is 6.99. The van der Waals surface area contributed by atoms with Gasteiger partial charge in [0.2, 0.25) is 5.91 Å². The third-order valence-corrected chi connectivity index (χ3v) is 3.73. The van der Waals surface area contributed by atoms with Crippen LogP contribution in [0.15, 0.2) is 18.3 Å². The van der Waals surface area contributed by atoms with E-state index in [2.05, 4.69) is 4.98 Å². The van der Waals surface area contributed by atoms with Gasteiger partial charge < -0.3 is 14.9 Å². The van der Waals surface area contributed by atoms with Gasteiger partial charge in [-0.3, -0.25) is 4.79 Å². The molecule has 1 aromatic heterocycles. The fourth-order valence-electron chi connectivity index (χ4n) is 2.42. The molecule has 1 N–H and O–H groups in total. The molecule has 0 bridgehead atoms. The van der Waals surface area contributed by atoms with Gasteiger partial charge in [-0.25, -0.2) is 4.98 Å². The van der Waals surface area contributed by atoms with E-state index in [1.54, 1.807) is 18.0 Å². The van der Waals surface area contributed by atoms with E-state index in [0.29, 0.717) is 6.54 Å². The standard InChI is InChI=1S/C14H21N3O2/c1-10(18)11-5-6-12(15-9-11)17-8-7-16(4)13(19)14(17,2)3/h5-6,9-10,18H,7-8H2,1-4H3/t10-/m0/s1. The summed E-state index contributed by atoms with van der Waals surface area (Å²) in [5, 5.41) is 9.49. The fraction of sp³-hybridized carbons (Fsp3) is 0.571. The molecular weight excluding hydrogens is 242 g/mol. The van der Waals surface area contributed by atoms with E-state index < -0.39 is 11.6 Å². The number of amides is 1. The van der Waals surface area contributed by atoms with E-state index in [9.17, 15) is 9.90 Å². The molecule has 1 aliphatic rings. The first-order chi connectivity index (χ1) is 8.84. The number of hydrogen-bond acceptors (Lipinski definition) is 4. The predicted molar refractivity (Wildman–Crippen MR) is 73.9 cm³/mol. The van der Waals surface area contributed by atoms with Crippen molar-refractivity contribution in [1.82, 2.24) is 9.88 Å². The van der Waals surface area contributed by atoms with Crippen LogP contribution in [0.5, 0.6) is 0 Å². The van der Waals surface area contributed by atoms with Crippen LogP contribution in [0.3, 0.4) is 0 Å². The number of likely N-dealkylation sites (N-methyl/N-ethyl adjacent to an activating group) is 1. The Bertz CT molecular complexity index is 468. The number of piperazine rings is 1. The van der Waals surface area contributed by atoms with Gasteiger partial charge in [-0.1, -0.05) is 6.07 Å². The Labute approximate surface area is 113 Å². The number of rotatable bonds is 2. The number of aromatic nitrogens is 1. The van der Waals surface area contributed by atoms with Crippen LogP contribution in [0.4, 0.5) is 5.82 Å². The summed E-state index contributed by atoms with van der Waals surface area (Å²) in [6, 6.07) is 3.72. The van der Waals surface area contributed by atoms with Gasteiger partial charge in [0.1, 0.15) is 11.4 Å². The van der Waals surface area contributed by atoms with Crippen molar-refractivity contribution < 1.29 is 9.90 Å². The monoisotopic (exact) mass is 263 g/mol. The van der Waals surface area contributed by atoms with Crippen LogP contribution in [-0.2, 0) is 4.79 Å². The Morgan fingerprint density at radius 2 is 2.05 bits per heavy atom. The second-order valence-electron chi connectivity index (χ2n) is 5.56. The lowest BCUT2D eigenvalue weighted by atomic mass is 9.97. The molecule has 0 aromatic carbocycles. The molecule has 5 heteroatoms. The van der Waals surface area contributed by atoms with Crippen LogP contribution >= 0.6 is 0 Å². The van der Waals surface area contributed by atoms with Gasteiger partial charge >= 0.3 is 0 Å². The second-order valence-corrected chi connectivity index (χ2v) is 5.56. The molecule has 2 heterocycles. The summed E-state index contributed by atoms with van der Waals surface area (Å²) in [4.78, 5) is 20.4. The zero-order chi connectivity index (χ0) is 14.2. The number of carbonyl (C=O) groups excluding carboxylic acids is 1. The molecule has 1 aromatic rings. The summed E-state index contributed by atoms with van der Waals surface area (Å²) in [5.41, 5.74) is 0.189. The third-order valence-electron chi connectivity index (χ3n) is 3.73. The SMILES string of the molecule is C[C@H](O)c1ccc(N2CCN(C)C(=O)C2(C)C)nc1. The lowest BCUT2D eigenvalue weighted by Crippen LogP contribution is -2.62. The van der Waals surface area contributed by atoms with E-state index in [-0.39, 0.29) is 5.91 Å². The van der Waals surface area contributed by atoms with Crippen molar-refractivity contribution in [3.63, 3.8) is 0 Å². The van der Waals surface area contributed by atoms with Gasteiger partial charge in [-0.15, -0.1) is 0 Å². The second kappa shape index (κ2) is 4.81.